The Labute approximate surface area is 77.7 Å². The van der Waals surface area contributed by atoms with Gasteiger partial charge in [0, 0.05) is 0 Å². The number of nitrogens with zero attached hydrogens (tertiary/aromatic N) is 2. The van der Waals surface area contributed by atoms with Crippen molar-refractivity contribution in [3.8, 4) is 0 Å². The largest absolute Gasteiger partial charge is 0.374 e. The Bertz CT molecular complexity index is 422. The SMILES string of the molecule is [NH]C(=O)CS(=O)(=O)c1nnc(N)s1. The Morgan fingerprint density at radius 1 is 1.54 bits per heavy atom. The fraction of sp³-hybridized carbons (Fsp3) is 0.250. The molecule has 0 aromatic carbocycles. The van der Waals surface area contributed by atoms with Crippen LogP contribution in [0.2, 0.25) is 0 Å². The van der Waals surface area contributed by atoms with Crippen LogP contribution in [0.4, 0.5) is 5.13 Å². The molecule has 0 saturated heterocycles. The molecular weight excluding hydrogens is 216 g/mol. The van der Waals surface area contributed by atoms with E-state index in [0.29, 0.717) is 11.3 Å². The molecule has 0 unspecified atom stereocenters. The van der Waals surface area contributed by atoms with Crippen molar-refractivity contribution in [2.45, 2.75) is 4.34 Å². The van der Waals surface area contributed by atoms with Gasteiger partial charge < -0.3 is 5.73 Å². The van der Waals surface area contributed by atoms with Crippen molar-refractivity contribution >= 4 is 32.2 Å². The van der Waals surface area contributed by atoms with Crippen LogP contribution in [0.3, 0.4) is 0 Å². The number of amides is 1. The fourth-order valence-electron chi connectivity index (χ4n) is 0.580. The van der Waals surface area contributed by atoms with E-state index in [0.717, 1.165) is 0 Å². The van der Waals surface area contributed by atoms with Gasteiger partial charge in [0.15, 0.2) is 0 Å². The van der Waals surface area contributed by atoms with Crippen LogP contribution in [0.1, 0.15) is 0 Å². The number of hydrogen-bond donors (Lipinski definition) is 1. The normalized spacial score (nSPS) is 11.4. The van der Waals surface area contributed by atoms with Gasteiger partial charge in [-0.25, -0.2) is 8.42 Å². The first-order chi connectivity index (χ1) is 5.92. The third kappa shape index (κ3) is 2.36. The summed E-state index contributed by atoms with van der Waals surface area (Å²) in [5, 5.41) is 6.56. The Hall–Kier alpha value is -1.22. The van der Waals surface area contributed by atoms with Crippen molar-refractivity contribution in [2.75, 3.05) is 11.5 Å². The Kier molecular flexibility index (Phi) is 2.48. The summed E-state index contributed by atoms with van der Waals surface area (Å²) in [6.45, 7) is 0. The van der Waals surface area contributed by atoms with Crippen LogP contribution < -0.4 is 11.5 Å². The Morgan fingerprint density at radius 2 is 2.15 bits per heavy atom. The van der Waals surface area contributed by atoms with Crippen LogP contribution in [-0.2, 0) is 14.6 Å². The minimum atomic E-state index is -3.81. The summed E-state index contributed by atoms with van der Waals surface area (Å²) in [4.78, 5) is 10.3. The second-order valence-corrected chi connectivity index (χ2v) is 5.26. The van der Waals surface area contributed by atoms with Crippen LogP contribution >= 0.6 is 11.3 Å². The Morgan fingerprint density at radius 3 is 2.54 bits per heavy atom. The van der Waals surface area contributed by atoms with Gasteiger partial charge in [-0.05, 0) is 0 Å². The van der Waals surface area contributed by atoms with Gasteiger partial charge in [0.1, 0.15) is 5.75 Å². The maximum atomic E-state index is 11.2. The predicted molar refractivity (Wildman–Crippen MR) is 44.5 cm³/mol. The molecular formula is C4H5N4O3S2. The topological polar surface area (TPSA) is 127 Å². The maximum absolute atomic E-state index is 11.2. The second kappa shape index (κ2) is 3.26. The molecule has 0 saturated carbocycles. The number of rotatable bonds is 3. The monoisotopic (exact) mass is 221 g/mol. The summed E-state index contributed by atoms with van der Waals surface area (Å²) in [7, 11) is -3.81. The van der Waals surface area contributed by atoms with Crippen molar-refractivity contribution in [1.29, 1.82) is 0 Å². The molecule has 1 aromatic heterocycles. The van der Waals surface area contributed by atoms with Crippen molar-refractivity contribution < 1.29 is 13.2 Å². The first-order valence-corrected chi connectivity index (χ1v) is 5.45. The zero-order chi connectivity index (χ0) is 10.1. The number of hydrogen-bond acceptors (Lipinski definition) is 7. The lowest BCUT2D eigenvalue weighted by Crippen LogP contribution is -2.16. The summed E-state index contributed by atoms with van der Waals surface area (Å²) in [5.41, 5.74) is 11.7. The molecule has 0 fully saturated rings. The van der Waals surface area contributed by atoms with Crippen molar-refractivity contribution in [2.24, 2.45) is 0 Å². The van der Waals surface area contributed by atoms with Crippen LogP contribution in [0.15, 0.2) is 4.34 Å². The van der Waals surface area contributed by atoms with Crippen molar-refractivity contribution in [1.82, 2.24) is 15.9 Å². The molecule has 0 spiro atoms. The number of sulfone groups is 1. The molecule has 0 aliphatic heterocycles. The first kappa shape index (κ1) is 9.86. The van der Waals surface area contributed by atoms with Crippen molar-refractivity contribution in [3.63, 3.8) is 0 Å². The standard InChI is InChI=1S/C4H5N4O3S2/c5-2(9)1-13(10,11)4-8-7-3(6)12-4/h5H,1H2,(H2,6,7). The average Bonchev–Trinajstić information content (AvgIpc) is 2.32. The molecule has 71 valence electrons. The minimum absolute atomic E-state index is 0.0102. The van der Waals surface area contributed by atoms with E-state index < -0.39 is 21.5 Å². The van der Waals surface area contributed by atoms with Gasteiger partial charge in [-0.15, -0.1) is 10.2 Å². The van der Waals surface area contributed by atoms with Gasteiger partial charge in [0.25, 0.3) is 5.91 Å². The van der Waals surface area contributed by atoms with Gasteiger partial charge >= 0.3 is 0 Å². The third-order valence-corrected chi connectivity index (χ3v) is 3.82. The number of carbonyl (C=O) groups is 1. The summed E-state index contributed by atoms with van der Waals surface area (Å²) in [6, 6.07) is 0. The molecule has 13 heavy (non-hydrogen) atoms. The summed E-state index contributed by atoms with van der Waals surface area (Å²) in [5.74, 6) is -2.07. The average molecular weight is 221 g/mol. The molecule has 1 radical (unpaired) electrons. The molecule has 0 aliphatic rings. The highest BCUT2D eigenvalue weighted by molar-refractivity contribution is 7.94. The number of nitrogens with two attached hydrogens (primary N) is 1. The van der Waals surface area contributed by atoms with Gasteiger partial charge in [-0.3, -0.25) is 10.5 Å². The molecule has 1 rings (SSSR count). The van der Waals surface area contributed by atoms with Gasteiger partial charge in [0.05, 0.1) is 0 Å². The summed E-state index contributed by atoms with van der Waals surface area (Å²) < 4.78 is 22.0. The zero-order valence-corrected chi connectivity index (χ0v) is 7.85. The molecule has 0 bridgehead atoms. The molecule has 9 heteroatoms. The fourth-order valence-corrected chi connectivity index (χ4v) is 2.50. The predicted octanol–water partition coefficient (Wildman–Crippen LogP) is -1.30. The third-order valence-electron chi connectivity index (χ3n) is 1.01. The summed E-state index contributed by atoms with van der Waals surface area (Å²) >= 11 is 0.669. The molecule has 1 heterocycles. The number of carbonyl (C=O) groups excluding carboxylic acids is 1. The van der Waals surface area contributed by atoms with Gasteiger partial charge in [0.2, 0.25) is 19.3 Å². The molecule has 1 aromatic rings. The lowest BCUT2D eigenvalue weighted by Gasteiger charge is -1.92. The highest BCUT2D eigenvalue weighted by Gasteiger charge is 2.22. The number of aromatic nitrogens is 2. The first-order valence-electron chi connectivity index (χ1n) is 2.98. The van der Waals surface area contributed by atoms with Crippen LogP contribution in [0, 0.1) is 0 Å². The van der Waals surface area contributed by atoms with E-state index in [2.05, 4.69) is 10.2 Å². The van der Waals surface area contributed by atoms with E-state index in [-0.39, 0.29) is 9.47 Å². The van der Waals surface area contributed by atoms with E-state index in [1.165, 1.54) is 0 Å². The van der Waals surface area contributed by atoms with E-state index >= 15 is 0 Å². The number of anilines is 1. The lowest BCUT2D eigenvalue weighted by atomic mass is 10.8. The van der Waals surface area contributed by atoms with E-state index in [1.54, 1.807) is 0 Å². The van der Waals surface area contributed by atoms with Crippen LogP contribution in [0.5, 0.6) is 0 Å². The highest BCUT2D eigenvalue weighted by atomic mass is 32.2. The van der Waals surface area contributed by atoms with E-state index in [4.69, 9.17) is 11.5 Å². The molecule has 1 amide bonds. The quantitative estimate of drug-likeness (QED) is 0.676. The van der Waals surface area contributed by atoms with Gasteiger partial charge in [-0.2, -0.15) is 0 Å². The molecule has 7 nitrogen and oxygen atoms in total. The van der Waals surface area contributed by atoms with Crippen LogP contribution in [0.25, 0.3) is 0 Å². The second-order valence-electron chi connectivity index (χ2n) is 2.09. The maximum Gasteiger partial charge on any atom is 0.254 e. The highest BCUT2D eigenvalue weighted by Crippen LogP contribution is 2.17. The lowest BCUT2D eigenvalue weighted by molar-refractivity contribution is -0.116. The molecule has 0 aliphatic carbocycles. The van der Waals surface area contributed by atoms with Crippen molar-refractivity contribution in [3.05, 3.63) is 0 Å². The van der Waals surface area contributed by atoms with E-state index in [9.17, 15) is 13.2 Å². The Balaban J connectivity index is 3.01. The molecule has 0 atom stereocenters. The zero-order valence-electron chi connectivity index (χ0n) is 6.22. The summed E-state index contributed by atoms with van der Waals surface area (Å²) in [6.07, 6.45) is 0. The molecule has 3 N–H and O–H groups in total. The van der Waals surface area contributed by atoms with E-state index in [1.807, 2.05) is 0 Å². The van der Waals surface area contributed by atoms with Crippen LogP contribution in [-0.4, -0.2) is 30.3 Å². The number of nitrogens with one attached hydrogen (secondary N) is 1. The van der Waals surface area contributed by atoms with Gasteiger partial charge in [-0.1, -0.05) is 11.3 Å². The number of nitrogen functional groups attached to an aromatic ring is 1. The minimum Gasteiger partial charge on any atom is -0.374 e. The smallest absolute Gasteiger partial charge is 0.254 e.